The van der Waals surface area contributed by atoms with Gasteiger partial charge in [-0.25, -0.2) is 9.59 Å². The van der Waals surface area contributed by atoms with E-state index in [4.69, 9.17) is 4.74 Å². The lowest BCUT2D eigenvalue weighted by Gasteiger charge is -2.28. The molecule has 2 aromatic rings. The molecule has 0 saturated carbocycles. The van der Waals surface area contributed by atoms with Gasteiger partial charge in [-0.15, -0.1) is 11.8 Å². The quantitative estimate of drug-likeness (QED) is 0.556. The van der Waals surface area contributed by atoms with E-state index in [2.05, 4.69) is 29.6 Å². The van der Waals surface area contributed by atoms with Crippen LogP contribution in [0, 0.1) is 11.8 Å². The predicted octanol–water partition coefficient (Wildman–Crippen LogP) is 4.56. The molecule has 1 fully saturated rings. The van der Waals surface area contributed by atoms with E-state index >= 15 is 0 Å². The summed E-state index contributed by atoms with van der Waals surface area (Å²) in [6, 6.07) is 15.5. The molecule has 3 atom stereocenters. The molecule has 2 aromatic carbocycles. The van der Waals surface area contributed by atoms with Crippen LogP contribution in [-0.2, 0) is 14.3 Å². The van der Waals surface area contributed by atoms with Gasteiger partial charge in [0.15, 0.2) is 0 Å². The number of carbonyl (C=O) groups is 3. The van der Waals surface area contributed by atoms with E-state index in [0.29, 0.717) is 5.75 Å². The van der Waals surface area contributed by atoms with Crippen molar-refractivity contribution in [3.05, 3.63) is 59.7 Å². The van der Waals surface area contributed by atoms with Crippen LogP contribution in [0.5, 0.6) is 0 Å². The van der Waals surface area contributed by atoms with Crippen LogP contribution < -0.4 is 5.32 Å². The van der Waals surface area contributed by atoms with Crippen LogP contribution in [0.2, 0.25) is 0 Å². The number of benzene rings is 2. The summed E-state index contributed by atoms with van der Waals surface area (Å²) in [7, 11) is 0. The smallest absolute Gasteiger partial charge is 0.407 e. The van der Waals surface area contributed by atoms with Gasteiger partial charge >= 0.3 is 12.1 Å². The summed E-state index contributed by atoms with van der Waals surface area (Å²) in [5.41, 5.74) is 4.64. The Hall–Kier alpha value is -3.00. The number of carbonyl (C=O) groups excluding carboxylic acids is 2. The monoisotopic (exact) mass is 496 g/mol. The molecule has 1 saturated heterocycles. The third kappa shape index (κ3) is 5.32. The number of thioether (sulfide) groups is 1. The molecule has 3 unspecified atom stereocenters. The van der Waals surface area contributed by atoms with Gasteiger partial charge < -0.3 is 20.1 Å². The van der Waals surface area contributed by atoms with E-state index in [1.807, 2.05) is 45.0 Å². The zero-order valence-electron chi connectivity index (χ0n) is 20.3. The highest BCUT2D eigenvalue weighted by Crippen LogP contribution is 2.44. The molecule has 0 bridgehead atoms. The first-order chi connectivity index (χ1) is 16.8. The lowest BCUT2D eigenvalue weighted by Crippen LogP contribution is -2.46. The summed E-state index contributed by atoms with van der Waals surface area (Å²) in [4.78, 5) is 38.6. The molecule has 8 heteroatoms. The van der Waals surface area contributed by atoms with Crippen LogP contribution in [0.4, 0.5) is 4.79 Å². The van der Waals surface area contributed by atoms with Crippen molar-refractivity contribution < 1.29 is 24.2 Å². The minimum atomic E-state index is -0.979. The molecule has 4 rings (SSSR count). The summed E-state index contributed by atoms with van der Waals surface area (Å²) < 4.78 is 5.61. The van der Waals surface area contributed by atoms with Crippen molar-refractivity contribution in [2.24, 2.45) is 11.8 Å². The molecule has 0 spiro atoms. The Labute approximate surface area is 210 Å². The maximum absolute atomic E-state index is 13.0. The molecule has 1 aliphatic heterocycles. The van der Waals surface area contributed by atoms with Gasteiger partial charge in [-0.3, -0.25) is 4.79 Å². The van der Waals surface area contributed by atoms with Gasteiger partial charge in [0.1, 0.15) is 12.6 Å². The number of carboxylic acids is 1. The van der Waals surface area contributed by atoms with E-state index in [9.17, 15) is 19.5 Å². The minimum Gasteiger partial charge on any atom is -0.480 e. The first-order valence-electron chi connectivity index (χ1n) is 12.0. The Morgan fingerprint density at radius 2 is 1.69 bits per heavy atom. The largest absolute Gasteiger partial charge is 0.480 e. The number of ether oxygens (including phenoxy) is 1. The lowest BCUT2D eigenvalue weighted by molar-refractivity contribution is -0.149. The fourth-order valence-electron chi connectivity index (χ4n) is 4.95. The number of carboxylic acid groups (broad SMARTS) is 1. The fourth-order valence-corrected chi connectivity index (χ4v) is 6.14. The van der Waals surface area contributed by atoms with E-state index in [-0.39, 0.29) is 48.6 Å². The molecular weight excluding hydrogens is 464 g/mol. The van der Waals surface area contributed by atoms with E-state index in [0.717, 1.165) is 11.1 Å². The Morgan fingerprint density at radius 1 is 1.09 bits per heavy atom. The van der Waals surface area contributed by atoms with Crippen molar-refractivity contribution in [2.45, 2.75) is 44.5 Å². The number of hydrogen-bond donors (Lipinski definition) is 2. The molecule has 35 heavy (non-hydrogen) atoms. The van der Waals surface area contributed by atoms with E-state index in [1.54, 1.807) is 0 Å². The highest BCUT2D eigenvalue weighted by Gasteiger charge is 2.40. The van der Waals surface area contributed by atoms with Crippen LogP contribution in [0.3, 0.4) is 0 Å². The molecule has 186 valence electrons. The van der Waals surface area contributed by atoms with Gasteiger partial charge in [0.2, 0.25) is 5.91 Å². The SMILES string of the molecule is CC(C)C(CNC(=O)OCC1c2ccccc2-c2ccccc21)CC(=O)N1C(C)SCC1C(=O)O. The number of nitrogens with one attached hydrogen (secondary N) is 1. The van der Waals surface area contributed by atoms with Gasteiger partial charge in [0.25, 0.3) is 0 Å². The Balaban J connectivity index is 1.33. The predicted molar refractivity (Wildman–Crippen MR) is 136 cm³/mol. The number of nitrogens with zero attached hydrogens (tertiary/aromatic N) is 1. The number of aliphatic carboxylic acids is 1. The van der Waals surface area contributed by atoms with Crippen molar-refractivity contribution in [1.29, 1.82) is 0 Å². The Bertz CT molecular complexity index is 1060. The molecule has 2 N–H and O–H groups in total. The summed E-state index contributed by atoms with van der Waals surface area (Å²) in [5.74, 6) is -0.794. The fraction of sp³-hybridized carbons (Fsp3) is 0.444. The molecule has 1 heterocycles. The maximum atomic E-state index is 13.0. The van der Waals surface area contributed by atoms with Crippen molar-refractivity contribution in [3.63, 3.8) is 0 Å². The number of amides is 2. The second-order valence-electron chi connectivity index (χ2n) is 9.50. The number of fused-ring (bicyclic) bond motifs is 3. The van der Waals surface area contributed by atoms with Crippen molar-refractivity contribution in [2.75, 3.05) is 18.9 Å². The van der Waals surface area contributed by atoms with Crippen LogP contribution >= 0.6 is 11.8 Å². The Morgan fingerprint density at radius 3 is 2.26 bits per heavy atom. The zero-order valence-corrected chi connectivity index (χ0v) is 21.1. The van der Waals surface area contributed by atoms with E-state index < -0.39 is 18.1 Å². The van der Waals surface area contributed by atoms with Crippen molar-refractivity contribution >= 4 is 29.7 Å². The summed E-state index contributed by atoms with van der Waals surface area (Å²) in [6.07, 6.45) is -0.339. The standard InChI is InChI=1S/C27H32N2O5S/c1-16(2)18(12-25(30)29-17(3)35-15-24(29)26(31)32)13-28-27(33)34-14-23-21-10-6-4-8-19(21)20-9-5-7-11-22(20)23/h4-11,16-18,23-24H,12-15H2,1-3H3,(H,28,33)(H,31,32). The van der Waals surface area contributed by atoms with Crippen LogP contribution in [0.25, 0.3) is 11.1 Å². The molecule has 0 aromatic heterocycles. The second-order valence-corrected chi connectivity index (χ2v) is 10.9. The highest BCUT2D eigenvalue weighted by atomic mass is 32.2. The summed E-state index contributed by atoms with van der Waals surface area (Å²) in [6.45, 7) is 6.36. The van der Waals surface area contributed by atoms with Crippen molar-refractivity contribution in [1.82, 2.24) is 10.2 Å². The van der Waals surface area contributed by atoms with Gasteiger partial charge in [0.05, 0.1) is 5.37 Å². The minimum absolute atomic E-state index is 0.0160. The summed E-state index contributed by atoms with van der Waals surface area (Å²) in [5, 5.41) is 12.1. The number of alkyl carbamates (subject to hydrolysis) is 1. The molecular formula is C27H32N2O5S. The first-order valence-corrected chi connectivity index (χ1v) is 13.1. The third-order valence-electron chi connectivity index (χ3n) is 7.03. The van der Waals surface area contributed by atoms with Crippen molar-refractivity contribution in [3.8, 4) is 11.1 Å². The lowest BCUT2D eigenvalue weighted by atomic mass is 9.91. The third-order valence-corrected chi connectivity index (χ3v) is 8.25. The number of hydrogen-bond acceptors (Lipinski definition) is 5. The van der Waals surface area contributed by atoms with Crippen LogP contribution in [0.1, 0.15) is 44.2 Å². The van der Waals surface area contributed by atoms with E-state index in [1.165, 1.54) is 27.8 Å². The second kappa shape index (κ2) is 10.7. The molecule has 1 aliphatic carbocycles. The maximum Gasteiger partial charge on any atom is 0.407 e. The molecule has 2 aliphatic rings. The van der Waals surface area contributed by atoms with Crippen LogP contribution in [0.15, 0.2) is 48.5 Å². The first kappa shape index (κ1) is 25.1. The summed E-state index contributed by atoms with van der Waals surface area (Å²) >= 11 is 1.47. The van der Waals surface area contributed by atoms with Gasteiger partial charge in [0, 0.05) is 24.6 Å². The number of rotatable bonds is 8. The van der Waals surface area contributed by atoms with Gasteiger partial charge in [-0.2, -0.15) is 0 Å². The molecule has 0 radical (unpaired) electrons. The zero-order chi connectivity index (χ0) is 25.1. The van der Waals surface area contributed by atoms with Gasteiger partial charge in [-0.05, 0) is 41.0 Å². The van der Waals surface area contributed by atoms with Crippen LogP contribution in [-0.4, -0.2) is 58.3 Å². The molecule has 7 nitrogen and oxygen atoms in total. The normalized spacial score (nSPS) is 19.8. The average Bonchev–Trinajstić information content (AvgIpc) is 3.38. The average molecular weight is 497 g/mol. The topological polar surface area (TPSA) is 95.9 Å². The van der Waals surface area contributed by atoms with Gasteiger partial charge in [-0.1, -0.05) is 62.4 Å². The Kier molecular flexibility index (Phi) is 7.69. The molecule has 2 amide bonds. The highest BCUT2D eigenvalue weighted by molar-refractivity contribution is 8.00.